The molecule has 7 heteroatoms. The van der Waals surface area contributed by atoms with Crippen LogP contribution in [0.25, 0.3) is 11.1 Å². The molecule has 0 amide bonds. The predicted octanol–water partition coefficient (Wildman–Crippen LogP) is 5.02. The molecule has 2 N–H and O–H groups in total. The van der Waals surface area contributed by atoms with Gasteiger partial charge < -0.3 is 19.9 Å². The number of carboxylic acids is 1. The number of pyridine rings is 2. The van der Waals surface area contributed by atoms with E-state index in [1.807, 2.05) is 49.3 Å². The summed E-state index contributed by atoms with van der Waals surface area (Å²) in [6, 6.07) is 11.2. The number of likely N-dealkylation sites (N-methyl/N-ethyl adjacent to an activating group) is 1. The second kappa shape index (κ2) is 13.5. The molecule has 0 bridgehead atoms. The highest BCUT2D eigenvalue weighted by Crippen LogP contribution is 2.29. The molecule has 2 heterocycles. The minimum absolute atomic E-state index is 0.0421. The van der Waals surface area contributed by atoms with Gasteiger partial charge in [-0.2, -0.15) is 0 Å². The maximum atomic E-state index is 12.9. The number of carboxylic acid groups (broad SMARTS) is 1. The smallest absolute Gasteiger partial charge is 0.305 e. The molecule has 0 spiro atoms. The van der Waals surface area contributed by atoms with Crippen LogP contribution in [-0.2, 0) is 11.2 Å². The molecule has 0 fully saturated rings. The van der Waals surface area contributed by atoms with Gasteiger partial charge in [-0.1, -0.05) is 38.1 Å². The van der Waals surface area contributed by atoms with E-state index in [0.29, 0.717) is 12.5 Å². The number of nitrogens with one attached hydrogen (secondary N) is 1. The Hall–Kier alpha value is -3.29. The maximum absolute atomic E-state index is 12.9. The second-order valence-corrected chi connectivity index (χ2v) is 11.0. The first-order valence-electron chi connectivity index (χ1n) is 13.4. The van der Waals surface area contributed by atoms with Gasteiger partial charge >= 0.3 is 5.97 Å². The van der Waals surface area contributed by atoms with Crippen molar-refractivity contribution in [3.05, 3.63) is 87.6 Å². The Morgan fingerprint density at radius 3 is 2.45 bits per heavy atom. The Bertz CT molecular complexity index is 1260. The molecule has 7 nitrogen and oxygen atoms in total. The van der Waals surface area contributed by atoms with Gasteiger partial charge in [-0.25, -0.2) is 0 Å². The van der Waals surface area contributed by atoms with Gasteiger partial charge in [0, 0.05) is 55.4 Å². The van der Waals surface area contributed by atoms with E-state index in [1.54, 1.807) is 12.3 Å². The summed E-state index contributed by atoms with van der Waals surface area (Å²) in [4.78, 5) is 31.4. The number of rotatable bonds is 13. The molecular weight excluding hydrogens is 476 g/mol. The van der Waals surface area contributed by atoms with E-state index < -0.39 is 12.0 Å². The monoisotopic (exact) mass is 518 g/mol. The van der Waals surface area contributed by atoms with Crippen LogP contribution in [0.15, 0.2) is 59.8 Å². The van der Waals surface area contributed by atoms with Gasteiger partial charge in [-0.05, 0) is 80.6 Å². The maximum Gasteiger partial charge on any atom is 0.305 e. The zero-order chi connectivity index (χ0) is 27.8. The lowest BCUT2D eigenvalue weighted by Crippen LogP contribution is -2.35. The highest BCUT2D eigenvalue weighted by atomic mass is 16.4. The van der Waals surface area contributed by atoms with Gasteiger partial charge in [0.2, 0.25) is 0 Å². The van der Waals surface area contributed by atoms with Crippen molar-refractivity contribution in [2.45, 2.75) is 59.0 Å². The van der Waals surface area contributed by atoms with Crippen LogP contribution in [0, 0.1) is 19.8 Å². The molecule has 0 radical (unpaired) electrons. The Kier molecular flexibility index (Phi) is 10.4. The Morgan fingerprint density at radius 1 is 1.11 bits per heavy atom. The minimum atomic E-state index is -0.886. The van der Waals surface area contributed by atoms with Crippen molar-refractivity contribution < 1.29 is 9.90 Å². The summed E-state index contributed by atoms with van der Waals surface area (Å²) in [5.41, 5.74) is 6.28. The molecule has 0 unspecified atom stereocenters. The average molecular weight is 519 g/mol. The van der Waals surface area contributed by atoms with Crippen molar-refractivity contribution in [2.75, 3.05) is 27.2 Å². The van der Waals surface area contributed by atoms with E-state index >= 15 is 0 Å². The standard InChI is InChI=1S/C31H42N4O3/c1-21(2)14-27(35-20-24(10-11-29(35)36)12-13-34(5)6)19-33-28(16-30(37)38)25-15-26(18-32-17-25)31-22(3)8-7-9-23(31)4/h7-11,15,17-18,20-21,27-28,33H,12-14,16,19H2,1-6H3,(H,37,38)/t27-,28-/m0/s1. The molecule has 3 rings (SSSR count). The Labute approximate surface area is 226 Å². The lowest BCUT2D eigenvalue weighted by atomic mass is 9.94. The molecule has 1 aromatic carbocycles. The number of hydrogen-bond donors (Lipinski definition) is 2. The Balaban J connectivity index is 1.90. The van der Waals surface area contributed by atoms with Gasteiger partial charge in [0.1, 0.15) is 0 Å². The van der Waals surface area contributed by atoms with Gasteiger partial charge in [0.25, 0.3) is 5.56 Å². The van der Waals surface area contributed by atoms with Crippen molar-refractivity contribution in [2.24, 2.45) is 5.92 Å². The van der Waals surface area contributed by atoms with Crippen LogP contribution >= 0.6 is 0 Å². The molecule has 0 saturated carbocycles. The summed E-state index contributed by atoms with van der Waals surface area (Å²) in [7, 11) is 4.07. The highest BCUT2D eigenvalue weighted by Gasteiger charge is 2.21. The number of hydrogen-bond acceptors (Lipinski definition) is 5. The van der Waals surface area contributed by atoms with Crippen LogP contribution in [0.5, 0.6) is 0 Å². The van der Waals surface area contributed by atoms with Crippen LogP contribution in [0.2, 0.25) is 0 Å². The van der Waals surface area contributed by atoms with Crippen molar-refractivity contribution in [3.8, 4) is 11.1 Å². The van der Waals surface area contributed by atoms with Crippen LogP contribution in [0.4, 0.5) is 0 Å². The molecule has 38 heavy (non-hydrogen) atoms. The number of benzene rings is 1. The van der Waals surface area contributed by atoms with Crippen LogP contribution < -0.4 is 10.9 Å². The summed E-state index contributed by atoms with van der Waals surface area (Å²) in [6.45, 7) is 9.80. The van der Waals surface area contributed by atoms with Crippen LogP contribution in [0.3, 0.4) is 0 Å². The van der Waals surface area contributed by atoms with Gasteiger partial charge in [0.05, 0.1) is 6.42 Å². The van der Waals surface area contributed by atoms with E-state index in [0.717, 1.165) is 52.8 Å². The average Bonchev–Trinajstić information content (AvgIpc) is 2.85. The number of aromatic nitrogens is 2. The first-order valence-corrected chi connectivity index (χ1v) is 13.4. The predicted molar refractivity (Wildman–Crippen MR) is 154 cm³/mol. The Morgan fingerprint density at radius 2 is 1.82 bits per heavy atom. The number of carbonyl (C=O) groups is 1. The molecule has 0 aliphatic carbocycles. The molecular formula is C31H42N4O3. The van der Waals surface area contributed by atoms with Crippen molar-refractivity contribution in [1.29, 1.82) is 0 Å². The zero-order valence-corrected chi connectivity index (χ0v) is 23.6. The van der Waals surface area contributed by atoms with Crippen molar-refractivity contribution in [1.82, 2.24) is 19.8 Å². The third-order valence-corrected chi connectivity index (χ3v) is 6.89. The van der Waals surface area contributed by atoms with Crippen LogP contribution in [0.1, 0.15) is 61.0 Å². The van der Waals surface area contributed by atoms with Gasteiger partial charge in [-0.3, -0.25) is 14.6 Å². The molecule has 3 aromatic rings. The molecule has 2 aromatic heterocycles. The van der Waals surface area contributed by atoms with E-state index in [9.17, 15) is 14.7 Å². The van der Waals surface area contributed by atoms with Crippen LogP contribution in [-0.4, -0.2) is 52.7 Å². The second-order valence-electron chi connectivity index (χ2n) is 11.0. The number of aliphatic carboxylic acids is 1. The molecule has 2 atom stereocenters. The van der Waals surface area contributed by atoms with E-state index in [-0.39, 0.29) is 18.0 Å². The third-order valence-electron chi connectivity index (χ3n) is 6.89. The molecule has 0 saturated heterocycles. The fraction of sp³-hybridized carbons (Fsp3) is 0.452. The summed E-state index contributed by atoms with van der Waals surface area (Å²) in [5.74, 6) is -0.519. The molecule has 204 valence electrons. The first kappa shape index (κ1) is 29.3. The van der Waals surface area contributed by atoms with Crippen molar-refractivity contribution >= 4 is 5.97 Å². The summed E-state index contributed by atoms with van der Waals surface area (Å²) in [6.07, 6.45) is 7.11. The fourth-order valence-corrected chi connectivity index (χ4v) is 4.99. The highest BCUT2D eigenvalue weighted by molar-refractivity contribution is 5.71. The normalized spacial score (nSPS) is 13.2. The number of nitrogens with zero attached hydrogens (tertiary/aromatic N) is 3. The van der Waals surface area contributed by atoms with E-state index in [2.05, 4.69) is 55.0 Å². The lowest BCUT2D eigenvalue weighted by molar-refractivity contribution is -0.137. The summed E-state index contributed by atoms with van der Waals surface area (Å²) >= 11 is 0. The van der Waals surface area contributed by atoms with Gasteiger partial charge in [-0.15, -0.1) is 0 Å². The first-order chi connectivity index (χ1) is 18.0. The number of aryl methyl sites for hydroxylation is 2. The summed E-state index contributed by atoms with van der Waals surface area (Å²) < 4.78 is 1.82. The molecule has 0 aliphatic heterocycles. The van der Waals surface area contributed by atoms with E-state index in [4.69, 9.17) is 0 Å². The fourth-order valence-electron chi connectivity index (χ4n) is 4.99. The summed E-state index contributed by atoms with van der Waals surface area (Å²) in [5, 5.41) is 13.2. The largest absolute Gasteiger partial charge is 0.481 e. The quantitative estimate of drug-likeness (QED) is 0.330. The third kappa shape index (κ3) is 8.10. The van der Waals surface area contributed by atoms with Gasteiger partial charge in [0.15, 0.2) is 0 Å². The van der Waals surface area contributed by atoms with Crippen molar-refractivity contribution in [3.63, 3.8) is 0 Å². The molecule has 0 aliphatic rings. The topological polar surface area (TPSA) is 87.5 Å². The SMILES string of the molecule is Cc1cccc(C)c1-c1cncc([C@H](CC(=O)O)NC[C@H](CC(C)C)n2cc(CCN(C)C)ccc2=O)c1. The van der Waals surface area contributed by atoms with E-state index in [1.165, 1.54) is 0 Å². The minimum Gasteiger partial charge on any atom is -0.481 e. The zero-order valence-electron chi connectivity index (χ0n) is 23.6. The lowest BCUT2D eigenvalue weighted by Gasteiger charge is -2.26.